The molecule has 2 aliphatic heterocycles. The van der Waals surface area contributed by atoms with Gasteiger partial charge in [0.2, 0.25) is 17.7 Å². The molecule has 44 heavy (non-hydrogen) atoms. The Labute approximate surface area is 256 Å². The van der Waals surface area contributed by atoms with Crippen molar-refractivity contribution in [1.82, 2.24) is 25.1 Å². The number of phenolic OH excluding ortho intramolecular Hbond substituents is 1. The maximum atomic E-state index is 14.1. The van der Waals surface area contributed by atoms with Crippen molar-refractivity contribution in [2.75, 3.05) is 25.0 Å². The van der Waals surface area contributed by atoms with Crippen molar-refractivity contribution in [3.63, 3.8) is 0 Å². The normalized spacial score (nSPS) is 18.5. The number of hydrogen-bond donors (Lipinski definition) is 3. The van der Waals surface area contributed by atoms with Crippen LogP contribution in [0, 0.1) is 0 Å². The number of nitrogens with zero attached hydrogens (tertiary/aromatic N) is 4. The quantitative estimate of drug-likeness (QED) is 0.326. The molecule has 0 bridgehead atoms. The SMILES string of the molecule is C=CCN1CC(=O)N2[C@@H](Cc3ccc(O)cc3)C(=O)N(Cc3cccc(NC(C)=O)c3)C[C@@H]2N1C(=O)NCc1ccccc1. The Morgan fingerprint density at radius 3 is 2.41 bits per heavy atom. The van der Waals surface area contributed by atoms with Crippen LogP contribution in [0.15, 0.2) is 91.5 Å². The van der Waals surface area contributed by atoms with Crippen molar-refractivity contribution in [2.45, 2.75) is 38.6 Å². The number of piperazine rings is 1. The number of carbonyl (C=O) groups is 4. The number of benzene rings is 3. The molecular formula is C33H36N6O5. The fraction of sp³-hybridized carbons (Fsp3) is 0.273. The van der Waals surface area contributed by atoms with E-state index in [9.17, 15) is 24.3 Å². The maximum Gasteiger partial charge on any atom is 0.334 e. The zero-order valence-corrected chi connectivity index (χ0v) is 24.6. The van der Waals surface area contributed by atoms with Gasteiger partial charge in [0.15, 0.2) is 0 Å². The Morgan fingerprint density at radius 1 is 0.977 bits per heavy atom. The van der Waals surface area contributed by atoms with Gasteiger partial charge in [-0.05, 0) is 41.0 Å². The molecule has 2 atom stereocenters. The van der Waals surface area contributed by atoms with E-state index in [1.165, 1.54) is 16.8 Å². The number of phenols is 1. The Hall–Kier alpha value is -5.16. The van der Waals surface area contributed by atoms with Crippen molar-refractivity contribution >= 4 is 29.4 Å². The first-order valence-electron chi connectivity index (χ1n) is 14.4. The lowest BCUT2D eigenvalue weighted by molar-refractivity contribution is -0.189. The van der Waals surface area contributed by atoms with Crippen LogP contribution in [-0.4, -0.2) is 80.5 Å². The summed E-state index contributed by atoms with van der Waals surface area (Å²) in [6.45, 7) is 5.97. The largest absolute Gasteiger partial charge is 0.508 e. The Kier molecular flexibility index (Phi) is 9.25. The van der Waals surface area contributed by atoms with Crippen molar-refractivity contribution in [3.05, 3.63) is 108 Å². The second-order valence-corrected chi connectivity index (χ2v) is 10.9. The molecule has 0 saturated carbocycles. The minimum atomic E-state index is -0.889. The second-order valence-electron chi connectivity index (χ2n) is 10.9. The monoisotopic (exact) mass is 596 g/mol. The maximum absolute atomic E-state index is 14.1. The van der Waals surface area contributed by atoms with Crippen molar-refractivity contribution < 1.29 is 24.3 Å². The van der Waals surface area contributed by atoms with E-state index in [1.807, 2.05) is 36.4 Å². The fourth-order valence-electron chi connectivity index (χ4n) is 5.72. The van der Waals surface area contributed by atoms with Gasteiger partial charge in [-0.1, -0.05) is 60.7 Å². The lowest BCUT2D eigenvalue weighted by Gasteiger charge is -2.55. The van der Waals surface area contributed by atoms with Gasteiger partial charge in [0, 0.05) is 38.7 Å². The molecule has 3 aromatic rings. The topological polar surface area (TPSA) is 126 Å². The zero-order chi connectivity index (χ0) is 31.2. The van der Waals surface area contributed by atoms with Gasteiger partial charge in [-0.2, -0.15) is 0 Å². The molecule has 0 radical (unpaired) electrons. The smallest absolute Gasteiger partial charge is 0.334 e. The number of fused-ring (bicyclic) bond motifs is 1. The minimum absolute atomic E-state index is 0.0768. The molecule has 11 heteroatoms. The lowest BCUT2D eigenvalue weighted by Crippen LogP contribution is -2.76. The highest BCUT2D eigenvalue weighted by atomic mass is 16.3. The molecule has 2 fully saturated rings. The molecule has 11 nitrogen and oxygen atoms in total. The van der Waals surface area contributed by atoms with Crippen molar-refractivity contribution in [1.29, 1.82) is 0 Å². The van der Waals surface area contributed by atoms with E-state index in [1.54, 1.807) is 58.4 Å². The van der Waals surface area contributed by atoms with Gasteiger partial charge < -0.3 is 25.5 Å². The first-order valence-corrected chi connectivity index (χ1v) is 14.4. The van der Waals surface area contributed by atoms with E-state index in [2.05, 4.69) is 17.2 Å². The standard InChI is InChI=1S/C33H36N6O5/c1-3-16-37-22-31(42)38-29(18-24-12-14-28(41)15-13-24)32(43)36(20-26-10-7-11-27(17-26)35-23(2)40)21-30(38)39(37)33(44)34-19-25-8-5-4-6-9-25/h3-15,17,29-30,41H,1,16,18-22H2,2H3,(H,34,44)(H,35,40)/t29-,30-/m0/s1. The molecule has 5 amide bonds. The average molecular weight is 597 g/mol. The van der Waals surface area contributed by atoms with Crippen LogP contribution in [0.1, 0.15) is 23.6 Å². The van der Waals surface area contributed by atoms with Gasteiger partial charge in [-0.15, -0.1) is 6.58 Å². The summed E-state index contributed by atoms with van der Waals surface area (Å²) < 4.78 is 0. The molecule has 2 saturated heterocycles. The molecule has 0 aromatic heterocycles. The van der Waals surface area contributed by atoms with E-state index >= 15 is 0 Å². The molecule has 3 aromatic carbocycles. The van der Waals surface area contributed by atoms with Crippen LogP contribution in [0.5, 0.6) is 5.75 Å². The second kappa shape index (κ2) is 13.4. The van der Waals surface area contributed by atoms with Gasteiger partial charge in [0.1, 0.15) is 18.0 Å². The number of hydrogen-bond acceptors (Lipinski definition) is 6. The summed E-state index contributed by atoms with van der Waals surface area (Å²) in [7, 11) is 0. The summed E-state index contributed by atoms with van der Waals surface area (Å²) in [4.78, 5) is 56.5. The number of amides is 5. The summed E-state index contributed by atoms with van der Waals surface area (Å²) >= 11 is 0. The first-order chi connectivity index (χ1) is 21.2. The number of nitrogens with one attached hydrogen (secondary N) is 2. The van der Waals surface area contributed by atoms with E-state index < -0.39 is 18.2 Å². The molecule has 2 heterocycles. The van der Waals surface area contributed by atoms with Gasteiger partial charge in [0.25, 0.3) is 0 Å². The predicted molar refractivity (Wildman–Crippen MR) is 165 cm³/mol. The highest BCUT2D eigenvalue weighted by Gasteiger charge is 2.51. The van der Waals surface area contributed by atoms with Crippen LogP contribution >= 0.6 is 0 Å². The predicted octanol–water partition coefficient (Wildman–Crippen LogP) is 3.09. The van der Waals surface area contributed by atoms with Gasteiger partial charge >= 0.3 is 6.03 Å². The van der Waals surface area contributed by atoms with Crippen molar-refractivity contribution in [2.24, 2.45) is 0 Å². The van der Waals surface area contributed by atoms with Gasteiger partial charge in [-0.3, -0.25) is 14.4 Å². The highest BCUT2D eigenvalue weighted by Crippen LogP contribution is 2.30. The summed E-state index contributed by atoms with van der Waals surface area (Å²) in [5.74, 6) is -0.638. The van der Waals surface area contributed by atoms with Crippen LogP contribution in [-0.2, 0) is 33.9 Å². The molecular weight excluding hydrogens is 560 g/mol. The molecule has 228 valence electrons. The molecule has 0 spiro atoms. The average Bonchev–Trinajstić information content (AvgIpc) is 2.99. The van der Waals surface area contributed by atoms with E-state index in [0.29, 0.717) is 5.69 Å². The fourth-order valence-corrected chi connectivity index (χ4v) is 5.72. The summed E-state index contributed by atoms with van der Waals surface area (Å²) in [5, 5.41) is 18.7. The Morgan fingerprint density at radius 2 is 1.70 bits per heavy atom. The number of urea groups is 1. The highest BCUT2D eigenvalue weighted by molar-refractivity contribution is 5.92. The van der Waals surface area contributed by atoms with Crippen LogP contribution in [0.2, 0.25) is 0 Å². The molecule has 2 aliphatic rings. The van der Waals surface area contributed by atoms with Crippen LogP contribution in [0.25, 0.3) is 0 Å². The lowest BCUT2D eigenvalue weighted by atomic mass is 9.98. The summed E-state index contributed by atoms with van der Waals surface area (Å²) in [6.07, 6.45) is 1.04. The Bertz CT molecular complexity index is 1530. The number of hydrazine groups is 1. The molecule has 0 aliphatic carbocycles. The van der Waals surface area contributed by atoms with E-state index in [0.717, 1.165) is 16.7 Å². The zero-order valence-electron chi connectivity index (χ0n) is 24.6. The summed E-state index contributed by atoms with van der Waals surface area (Å²) in [5.41, 5.74) is 3.07. The van der Waals surface area contributed by atoms with Gasteiger partial charge in [-0.25, -0.2) is 14.8 Å². The third-order valence-electron chi connectivity index (χ3n) is 7.65. The van der Waals surface area contributed by atoms with Gasteiger partial charge in [0.05, 0.1) is 13.1 Å². The van der Waals surface area contributed by atoms with E-state index in [-0.39, 0.29) is 62.6 Å². The number of aromatic hydroxyl groups is 1. The van der Waals surface area contributed by atoms with Crippen LogP contribution < -0.4 is 10.6 Å². The first kappa shape index (κ1) is 30.3. The molecule has 3 N–H and O–H groups in total. The molecule has 5 rings (SSSR count). The van der Waals surface area contributed by atoms with E-state index in [4.69, 9.17) is 0 Å². The van der Waals surface area contributed by atoms with Crippen LogP contribution in [0.4, 0.5) is 10.5 Å². The number of anilines is 1. The Balaban J connectivity index is 1.49. The summed E-state index contributed by atoms with van der Waals surface area (Å²) in [6, 6.07) is 22.0. The number of rotatable bonds is 9. The minimum Gasteiger partial charge on any atom is -0.508 e. The van der Waals surface area contributed by atoms with Crippen molar-refractivity contribution in [3.8, 4) is 5.75 Å². The number of carbonyl (C=O) groups excluding carboxylic acids is 4. The van der Waals surface area contributed by atoms with Crippen LogP contribution in [0.3, 0.4) is 0 Å². The third kappa shape index (κ3) is 6.90. The third-order valence-corrected chi connectivity index (χ3v) is 7.65. The molecule has 0 unspecified atom stereocenters.